The Morgan fingerprint density at radius 3 is 1.24 bits per heavy atom. The minimum absolute atomic E-state index is 0.236. The predicted molar refractivity (Wildman–Crippen MR) is 167 cm³/mol. The molecule has 0 fully saturated rings. The molecule has 0 aromatic carbocycles. The third kappa shape index (κ3) is 33.6. The van der Waals surface area contributed by atoms with E-state index in [0.29, 0.717) is 0 Å². The van der Waals surface area contributed by atoms with Gasteiger partial charge in [-0.3, -0.25) is 0 Å². The highest BCUT2D eigenvalue weighted by Crippen LogP contribution is 2.13. The number of ether oxygens (including phenoxy) is 2. The highest BCUT2D eigenvalue weighted by Gasteiger charge is 2.02. The fourth-order valence-corrected chi connectivity index (χ4v) is 4.98. The summed E-state index contributed by atoms with van der Waals surface area (Å²) in [6.07, 6.45) is 40.8. The fraction of sp³-hybridized carbons (Fsp3) is 0.943. The predicted octanol–water partition coefficient (Wildman–Crippen LogP) is 12.1. The van der Waals surface area contributed by atoms with E-state index in [2.05, 4.69) is 32.9 Å². The highest BCUT2D eigenvalue weighted by atomic mass is 16.5. The van der Waals surface area contributed by atoms with Crippen LogP contribution in [0.4, 0.5) is 0 Å². The summed E-state index contributed by atoms with van der Waals surface area (Å²) in [4.78, 5) is 0. The van der Waals surface area contributed by atoms with Crippen LogP contribution in [-0.4, -0.2) is 25.9 Å². The van der Waals surface area contributed by atoms with Crippen molar-refractivity contribution in [3.63, 3.8) is 0 Å². The number of unbranched alkanes of at least 4 members (excludes halogenated alkanes) is 23. The minimum Gasteiger partial charge on any atom is -0.379 e. The maximum absolute atomic E-state index is 5.94. The van der Waals surface area contributed by atoms with Gasteiger partial charge in [0.1, 0.15) is 0 Å². The third-order valence-corrected chi connectivity index (χ3v) is 7.55. The van der Waals surface area contributed by atoms with Crippen molar-refractivity contribution in [2.75, 3.05) is 19.8 Å². The first-order chi connectivity index (χ1) is 18.3. The lowest BCUT2D eigenvalue weighted by Crippen LogP contribution is -2.17. The molecule has 1 unspecified atom stereocenters. The number of rotatable bonds is 32. The van der Waals surface area contributed by atoms with Crippen molar-refractivity contribution < 1.29 is 9.47 Å². The van der Waals surface area contributed by atoms with E-state index in [1.54, 1.807) is 0 Å². The number of hydrogen-bond donors (Lipinski definition) is 0. The van der Waals surface area contributed by atoms with Crippen molar-refractivity contribution in [2.24, 2.45) is 0 Å². The SMILES string of the molecule is CCCCCC/C=C\CCCCCCCCOC(C)COCCCCCCCCCCCCCCCC. The maximum Gasteiger partial charge on any atom is 0.0780 e. The molecule has 0 aromatic heterocycles. The molecule has 0 aliphatic heterocycles. The van der Waals surface area contributed by atoms with Gasteiger partial charge in [-0.1, -0.05) is 154 Å². The van der Waals surface area contributed by atoms with E-state index in [4.69, 9.17) is 9.47 Å². The second kappa shape index (κ2) is 33.7. The summed E-state index contributed by atoms with van der Waals surface area (Å²) in [6, 6.07) is 0. The van der Waals surface area contributed by atoms with Gasteiger partial charge in [-0.25, -0.2) is 0 Å². The van der Waals surface area contributed by atoms with Crippen LogP contribution >= 0.6 is 0 Å². The molecule has 0 amide bonds. The van der Waals surface area contributed by atoms with E-state index < -0.39 is 0 Å². The zero-order valence-electron chi connectivity index (χ0n) is 26.1. The van der Waals surface area contributed by atoms with Crippen molar-refractivity contribution >= 4 is 0 Å². The molecule has 0 heterocycles. The Bertz CT molecular complexity index is 419. The van der Waals surface area contributed by atoms with Crippen molar-refractivity contribution in [3.05, 3.63) is 12.2 Å². The van der Waals surface area contributed by atoms with Gasteiger partial charge in [-0.15, -0.1) is 0 Å². The zero-order chi connectivity index (χ0) is 26.9. The lowest BCUT2D eigenvalue weighted by Gasteiger charge is -2.13. The summed E-state index contributed by atoms with van der Waals surface area (Å²) in [7, 11) is 0. The topological polar surface area (TPSA) is 18.5 Å². The quantitative estimate of drug-likeness (QED) is 0.0646. The summed E-state index contributed by atoms with van der Waals surface area (Å²) in [6.45, 7) is 9.28. The Morgan fingerprint density at radius 1 is 0.432 bits per heavy atom. The third-order valence-electron chi connectivity index (χ3n) is 7.55. The Balaban J connectivity index is 3.17. The summed E-state index contributed by atoms with van der Waals surface area (Å²) in [5, 5.41) is 0. The van der Waals surface area contributed by atoms with Crippen LogP contribution in [-0.2, 0) is 9.47 Å². The lowest BCUT2D eigenvalue weighted by atomic mass is 10.0. The van der Waals surface area contributed by atoms with Crippen molar-refractivity contribution in [3.8, 4) is 0 Å². The van der Waals surface area contributed by atoms with Crippen LogP contribution in [0.2, 0.25) is 0 Å². The van der Waals surface area contributed by atoms with E-state index >= 15 is 0 Å². The van der Waals surface area contributed by atoms with Crippen molar-refractivity contribution in [1.82, 2.24) is 0 Å². The molecule has 0 N–H and O–H groups in total. The molecule has 2 heteroatoms. The first-order valence-corrected chi connectivity index (χ1v) is 17.2. The summed E-state index contributed by atoms with van der Waals surface area (Å²) >= 11 is 0. The van der Waals surface area contributed by atoms with E-state index in [9.17, 15) is 0 Å². The summed E-state index contributed by atoms with van der Waals surface area (Å²) in [5.74, 6) is 0. The van der Waals surface area contributed by atoms with Gasteiger partial charge in [0.2, 0.25) is 0 Å². The fourth-order valence-electron chi connectivity index (χ4n) is 4.98. The first-order valence-electron chi connectivity index (χ1n) is 17.2. The molecule has 0 aliphatic carbocycles. The number of hydrogen-bond acceptors (Lipinski definition) is 2. The molecule has 0 bridgehead atoms. The molecule has 0 aliphatic rings. The summed E-state index contributed by atoms with van der Waals surface area (Å²) < 4.78 is 11.8. The zero-order valence-corrected chi connectivity index (χ0v) is 26.1. The van der Waals surface area contributed by atoms with Crippen LogP contribution in [0.1, 0.15) is 188 Å². The highest BCUT2D eigenvalue weighted by molar-refractivity contribution is 4.81. The molecule has 0 rings (SSSR count). The minimum atomic E-state index is 0.236. The summed E-state index contributed by atoms with van der Waals surface area (Å²) in [5.41, 5.74) is 0. The monoisotopic (exact) mass is 523 g/mol. The Labute approximate surface area is 235 Å². The Morgan fingerprint density at radius 2 is 0.784 bits per heavy atom. The second-order valence-electron chi connectivity index (χ2n) is 11.6. The normalized spacial score (nSPS) is 12.6. The standard InChI is InChI=1S/C35H70O2/c1-4-6-8-10-12-14-16-18-20-22-24-26-28-30-32-36-34-35(3)37-33-31-29-27-25-23-21-19-17-15-13-11-9-7-5-2/h15,17,35H,4-14,16,18-34H2,1-3H3/b17-15-. The molecule has 37 heavy (non-hydrogen) atoms. The van der Waals surface area contributed by atoms with Gasteiger partial charge in [0.15, 0.2) is 0 Å². The molecule has 0 saturated carbocycles. The van der Waals surface area contributed by atoms with Gasteiger partial charge in [0, 0.05) is 13.2 Å². The lowest BCUT2D eigenvalue weighted by molar-refractivity contribution is -0.00869. The molecule has 222 valence electrons. The van der Waals surface area contributed by atoms with Gasteiger partial charge < -0.3 is 9.47 Å². The van der Waals surface area contributed by atoms with Gasteiger partial charge in [0.25, 0.3) is 0 Å². The van der Waals surface area contributed by atoms with Gasteiger partial charge >= 0.3 is 0 Å². The van der Waals surface area contributed by atoms with Gasteiger partial charge in [-0.2, -0.15) is 0 Å². The molecule has 0 radical (unpaired) electrons. The molecular formula is C35H70O2. The van der Waals surface area contributed by atoms with Crippen LogP contribution in [0, 0.1) is 0 Å². The van der Waals surface area contributed by atoms with Gasteiger partial charge in [-0.05, 0) is 45.4 Å². The Kier molecular flexibility index (Phi) is 33.4. The van der Waals surface area contributed by atoms with Crippen LogP contribution in [0.5, 0.6) is 0 Å². The largest absolute Gasteiger partial charge is 0.379 e. The van der Waals surface area contributed by atoms with E-state index in [1.165, 1.54) is 167 Å². The molecule has 1 atom stereocenters. The van der Waals surface area contributed by atoms with Crippen LogP contribution in [0.3, 0.4) is 0 Å². The molecule has 0 aromatic rings. The van der Waals surface area contributed by atoms with Crippen LogP contribution in [0.15, 0.2) is 12.2 Å². The van der Waals surface area contributed by atoms with E-state index in [1.807, 2.05) is 0 Å². The number of allylic oxidation sites excluding steroid dienone is 2. The van der Waals surface area contributed by atoms with E-state index in [0.717, 1.165) is 19.8 Å². The first kappa shape index (κ1) is 36.7. The average molecular weight is 523 g/mol. The smallest absolute Gasteiger partial charge is 0.0780 e. The van der Waals surface area contributed by atoms with E-state index in [-0.39, 0.29) is 6.10 Å². The molecular weight excluding hydrogens is 452 g/mol. The molecule has 0 spiro atoms. The second-order valence-corrected chi connectivity index (χ2v) is 11.6. The Hall–Kier alpha value is -0.340. The van der Waals surface area contributed by atoms with Gasteiger partial charge in [0.05, 0.1) is 12.7 Å². The molecule has 2 nitrogen and oxygen atoms in total. The average Bonchev–Trinajstić information content (AvgIpc) is 2.90. The molecule has 0 saturated heterocycles. The van der Waals surface area contributed by atoms with Crippen LogP contribution in [0.25, 0.3) is 0 Å². The van der Waals surface area contributed by atoms with Crippen LogP contribution < -0.4 is 0 Å². The maximum atomic E-state index is 5.94. The van der Waals surface area contributed by atoms with Crippen molar-refractivity contribution in [1.29, 1.82) is 0 Å². The van der Waals surface area contributed by atoms with Crippen molar-refractivity contribution in [2.45, 2.75) is 194 Å².